The molecule has 0 aliphatic heterocycles. The predicted octanol–water partition coefficient (Wildman–Crippen LogP) is 3.30. The quantitative estimate of drug-likeness (QED) is 0.836. The van der Waals surface area contributed by atoms with Gasteiger partial charge in [0.15, 0.2) is 0 Å². The minimum Gasteiger partial charge on any atom is -0.337 e. The zero-order valence-corrected chi connectivity index (χ0v) is 15.9. The molecule has 0 spiro atoms. The Morgan fingerprint density at radius 2 is 1.84 bits per heavy atom. The molecule has 134 valence electrons. The van der Waals surface area contributed by atoms with Crippen molar-refractivity contribution in [2.24, 2.45) is 0 Å². The summed E-state index contributed by atoms with van der Waals surface area (Å²) in [5.41, 5.74) is 1.21. The van der Waals surface area contributed by atoms with Crippen molar-refractivity contribution in [1.29, 1.82) is 0 Å². The minimum atomic E-state index is -3.64. The van der Waals surface area contributed by atoms with Crippen LogP contribution in [0, 0.1) is 0 Å². The van der Waals surface area contributed by atoms with E-state index in [0.717, 1.165) is 5.56 Å². The van der Waals surface area contributed by atoms with E-state index in [4.69, 9.17) is 11.6 Å². The van der Waals surface area contributed by atoms with Crippen molar-refractivity contribution in [1.82, 2.24) is 9.62 Å². The topological polar surface area (TPSA) is 66.5 Å². The molecule has 0 aromatic heterocycles. The van der Waals surface area contributed by atoms with Crippen LogP contribution in [0.3, 0.4) is 0 Å². The van der Waals surface area contributed by atoms with E-state index >= 15 is 0 Å². The Kier molecular flexibility index (Phi) is 6.21. The number of hydrogen-bond donors (Lipinski definition) is 1. The molecule has 2 rings (SSSR count). The number of hydrogen-bond acceptors (Lipinski definition) is 3. The van der Waals surface area contributed by atoms with E-state index in [1.165, 1.54) is 17.0 Å². The summed E-state index contributed by atoms with van der Waals surface area (Å²) < 4.78 is 27.0. The maximum Gasteiger partial charge on any atom is 0.253 e. The highest BCUT2D eigenvalue weighted by molar-refractivity contribution is 7.89. The van der Waals surface area contributed by atoms with Gasteiger partial charge in [0.25, 0.3) is 5.91 Å². The van der Waals surface area contributed by atoms with Gasteiger partial charge in [-0.05, 0) is 49.7 Å². The number of benzene rings is 2. The Morgan fingerprint density at radius 3 is 2.48 bits per heavy atom. The molecule has 25 heavy (non-hydrogen) atoms. The highest BCUT2D eigenvalue weighted by Gasteiger charge is 2.19. The number of halogens is 1. The van der Waals surface area contributed by atoms with Crippen LogP contribution in [-0.2, 0) is 16.6 Å². The standard InChI is InChI=1S/C18H21ClN2O3S/c1-13(2)20-25(23,24)17-9-5-7-15(11-17)18(22)21(3)12-14-6-4-8-16(19)10-14/h4-11,13,20H,12H2,1-3H3. The monoisotopic (exact) mass is 380 g/mol. The molecule has 0 saturated heterocycles. The van der Waals surface area contributed by atoms with Crippen molar-refractivity contribution in [2.45, 2.75) is 31.3 Å². The normalized spacial score (nSPS) is 11.6. The summed E-state index contributed by atoms with van der Waals surface area (Å²) in [5, 5.41) is 0.603. The average molecular weight is 381 g/mol. The van der Waals surface area contributed by atoms with Gasteiger partial charge >= 0.3 is 0 Å². The van der Waals surface area contributed by atoms with Gasteiger partial charge in [-0.3, -0.25) is 4.79 Å². The van der Waals surface area contributed by atoms with Crippen molar-refractivity contribution in [3.8, 4) is 0 Å². The molecule has 0 aliphatic rings. The fraction of sp³-hybridized carbons (Fsp3) is 0.278. The van der Waals surface area contributed by atoms with Gasteiger partial charge in [-0.1, -0.05) is 29.8 Å². The zero-order valence-electron chi connectivity index (χ0n) is 14.4. The average Bonchev–Trinajstić information content (AvgIpc) is 2.53. The van der Waals surface area contributed by atoms with Gasteiger partial charge in [0.1, 0.15) is 0 Å². The summed E-state index contributed by atoms with van der Waals surface area (Å²) >= 11 is 5.96. The smallest absolute Gasteiger partial charge is 0.253 e. The van der Waals surface area contributed by atoms with Crippen molar-refractivity contribution in [3.63, 3.8) is 0 Å². The number of rotatable bonds is 6. The maximum atomic E-state index is 12.6. The van der Waals surface area contributed by atoms with E-state index in [0.29, 0.717) is 17.1 Å². The van der Waals surface area contributed by atoms with Crippen LogP contribution < -0.4 is 4.72 Å². The number of nitrogens with one attached hydrogen (secondary N) is 1. The third kappa shape index (κ3) is 5.29. The van der Waals surface area contributed by atoms with Gasteiger partial charge < -0.3 is 4.90 Å². The number of carbonyl (C=O) groups is 1. The first-order valence-corrected chi connectivity index (χ1v) is 9.67. The Bertz CT molecular complexity index is 866. The van der Waals surface area contributed by atoms with Gasteiger partial charge in [0.2, 0.25) is 10.0 Å². The predicted molar refractivity (Wildman–Crippen MR) is 99.1 cm³/mol. The SMILES string of the molecule is CC(C)NS(=O)(=O)c1cccc(C(=O)N(C)Cc2cccc(Cl)c2)c1. The number of nitrogens with zero attached hydrogens (tertiary/aromatic N) is 1. The molecule has 1 amide bonds. The highest BCUT2D eigenvalue weighted by Crippen LogP contribution is 2.16. The molecular formula is C18H21ClN2O3S. The minimum absolute atomic E-state index is 0.0724. The molecule has 0 bridgehead atoms. The lowest BCUT2D eigenvalue weighted by Crippen LogP contribution is -2.31. The van der Waals surface area contributed by atoms with Gasteiger partial charge in [-0.15, -0.1) is 0 Å². The van der Waals surface area contributed by atoms with E-state index in [1.807, 2.05) is 12.1 Å². The molecule has 0 atom stereocenters. The molecule has 0 aliphatic carbocycles. The first kappa shape index (κ1) is 19.4. The second kappa shape index (κ2) is 7.99. The number of sulfonamides is 1. The Hall–Kier alpha value is -1.89. The third-order valence-corrected chi connectivity index (χ3v) is 5.33. The van der Waals surface area contributed by atoms with Gasteiger partial charge in [0, 0.05) is 30.2 Å². The van der Waals surface area contributed by atoms with Crippen LogP contribution in [-0.4, -0.2) is 32.3 Å². The van der Waals surface area contributed by atoms with Crippen molar-refractivity contribution >= 4 is 27.5 Å². The van der Waals surface area contributed by atoms with Gasteiger partial charge in [-0.2, -0.15) is 0 Å². The lowest BCUT2D eigenvalue weighted by atomic mass is 10.1. The third-order valence-electron chi connectivity index (χ3n) is 3.44. The van der Waals surface area contributed by atoms with Crippen LogP contribution in [0.1, 0.15) is 29.8 Å². The Labute approximate surface area is 153 Å². The first-order valence-electron chi connectivity index (χ1n) is 7.81. The first-order chi connectivity index (χ1) is 11.7. The summed E-state index contributed by atoms with van der Waals surface area (Å²) in [6, 6.07) is 13.1. The molecule has 0 fully saturated rings. The Morgan fingerprint density at radius 1 is 1.16 bits per heavy atom. The number of carbonyl (C=O) groups excluding carboxylic acids is 1. The molecule has 2 aromatic rings. The molecule has 5 nitrogen and oxygen atoms in total. The molecular weight excluding hydrogens is 360 g/mol. The van der Waals surface area contributed by atoms with E-state index in [-0.39, 0.29) is 16.8 Å². The van der Waals surface area contributed by atoms with Crippen LogP contribution in [0.25, 0.3) is 0 Å². The van der Waals surface area contributed by atoms with E-state index in [9.17, 15) is 13.2 Å². The summed E-state index contributed by atoms with van der Waals surface area (Å²) in [4.78, 5) is 14.2. The van der Waals surface area contributed by atoms with Gasteiger partial charge in [0.05, 0.1) is 4.90 Å². The van der Waals surface area contributed by atoms with E-state index in [1.54, 1.807) is 45.2 Å². The largest absolute Gasteiger partial charge is 0.337 e. The Balaban J connectivity index is 2.20. The van der Waals surface area contributed by atoms with Gasteiger partial charge in [-0.25, -0.2) is 13.1 Å². The maximum absolute atomic E-state index is 12.6. The second-order valence-corrected chi connectivity index (χ2v) is 8.25. The molecule has 0 heterocycles. The van der Waals surface area contributed by atoms with Crippen LogP contribution in [0.5, 0.6) is 0 Å². The number of amides is 1. The van der Waals surface area contributed by atoms with Crippen LogP contribution >= 0.6 is 11.6 Å². The van der Waals surface area contributed by atoms with Crippen LogP contribution in [0.2, 0.25) is 5.02 Å². The van der Waals surface area contributed by atoms with Crippen LogP contribution in [0.15, 0.2) is 53.4 Å². The fourth-order valence-corrected chi connectivity index (χ4v) is 3.89. The lowest BCUT2D eigenvalue weighted by Gasteiger charge is -2.18. The summed E-state index contributed by atoms with van der Waals surface area (Å²) in [7, 11) is -1.98. The fourth-order valence-electron chi connectivity index (χ4n) is 2.38. The molecule has 0 radical (unpaired) electrons. The zero-order chi connectivity index (χ0) is 18.6. The molecule has 0 saturated carbocycles. The van der Waals surface area contributed by atoms with Crippen molar-refractivity contribution in [2.75, 3.05) is 7.05 Å². The van der Waals surface area contributed by atoms with Crippen molar-refractivity contribution < 1.29 is 13.2 Å². The summed E-state index contributed by atoms with van der Waals surface area (Å²) in [6.07, 6.45) is 0. The molecule has 2 aromatic carbocycles. The van der Waals surface area contributed by atoms with E-state index in [2.05, 4.69) is 4.72 Å². The molecule has 7 heteroatoms. The molecule has 1 N–H and O–H groups in total. The molecule has 0 unspecified atom stereocenters. The summed E-state index contributed by atoms with van der Waals surface area (Å²) in [5.74, 6) is -0.262. The second-order valence-electron chi connectivity index (χ2n) is 6.09. The van der Waals surface area contributed by atoms with Crippen LogP contribution in [0.4, 0.5) is 0 Å². The summed E-state index contributed by atoms with van der Waals surface area (Å²) in [6.45, 7) is 3.86. The highest BCUT2D eigenvalue weighted by atomic mass is 35.5. The van der Waals surface area contributed by atoms with E-state index < -0.39 is 10.0 Å². The van der Waals surface area contributed by atoms with Crippen molar-refractivity contribution in [3.05, 3.63) is 64.7 Å². The lowest BCUT2D eigenvalue weighted by molar-refractivity contribution is 0.0785.